The van der Waals surface area contributed by atoms with Crippen LogP contribution in [-0.4, -0.2) is 205 Å². The molecular weight excluding hydrogens is 1230 g/mol. The zero-order valence-corrected chi connectivity index (χ0v) is 66.6. The standard InChI is InChI=1S/C9H19N.C8H18N2.C8H17N.2C7H13N3O.C7H15NO.C6H10N2O2.C6H10N2OS.C5H10N2O2S.2C2H6/c1-8(2)9-4-6-10(3)7-5-9;1-8(2)10-6-4-9(3)5-7-10;1-8(2)9-6-4-3-5-7-9;1-5(2)6-8-10(4)7(11)9(6)3;1-5(2)6-8-7(11)10(4)9(6)3;1-7(2)8-3-5-9-6-4-8;2*1-4(2)5-7-6(9)10-8(5)3;1-4(2)5-6-10(8)9-7(5)3;2*1-2/h8-9H,4-7H2,1-3H3;8H,4-7H2,1-3H3;8H,3-7H2,1-2H3;2*5H,1-4H3;7H,3-6H2,1-2H3;3*4H,1-3H3;2*1-2H3. The van der Waals surface area contributed by atoms with E-state index >= 15 is 0 Å². The lowest BCUT2D eigenvalue weighted by Gasteiger charge is -2.34. The van der Waals surface area contributed by atoms with Crippen molar-refractivity contribution in [2.45, 2.75) is 226 Å². The lowest BCUT2D eigenvalue weighted by Crippen LogP contribution is -2.47. The van der Waals surface area contributed by atoms with Gasteiger partial charge in [0.05, 0.1) is 13.2 Å². The van der Waals surface area contributed by atoms with Crippen molar-refractivity contribution >= 4 is 28.6 Å². The summed E-state index contributed by atoms with van der Waals surface area (Å²) in [5.41, 5.74) is -0.245. The third kappa shape index (κ3) is 35.7. The van der Waals surface area contributed by atoms with E-state index in [2.05, 4.69) is 123 Å². The van der Waals surface area contributed by atoms with Crippen LogP contribution in [0.1, 0.15) is 231 Å². The van der Waals surface area contributed by atoms with E-state index in [1.165, 1.54) is 104 Å². The molecule has 0 aromatic carbocycles. The molecule has 1 unspecified atom stereocenters. The molecular formula is C67H137N17O8S2. The van der Waals surface area contributed by atoms with Gasteiger partial charge in [0.25, 0.3) is 0 Å². The average molecular weight is 1370 g/mol. The molecule has 4 aromatic heterocycles. The smallest absolute Gasteiger partial charge is 0.379 e. The number of piperazine rings is 1. The molecule has 0 saturated carbocycles. The third-order valence-electron chi connectivity index (χ3n) is 16.0. The first kappa shape index (κ1) is 91.6. The molecule has 4 saturated heterocycles. The second-order valence-corrected chi connectivity index (χ2v) is 28.4. The molecule has 4 aromatic rings. The van der Waals surface area contributed by atoms with Crippen molar-refractivity contribution in [3.63, 3.8) is 0 Å². The first-order chi connectivity index (χ1) is 43.9. The van der Waals surface area contributed by atoms with Crippen LogP contribution in [0.4, 0.5) is 0 Å². The maximum Gasteiger partial charge on any atom is 0.459 e. The van der Waals surface area contributed by atoms with Crippen molar-refractivity contribution in [3.8, 4) is 0 Å². The van der Waals surface area contributed by atoms with Gasteiger partial charge in [-0.25, -0.2) is 33.0 Å². The lowest BCUT2D eigenvalue weighted by molar-refractivity contribution is 0.0238. The number of aromatic nitrogens is 10. The van der Waals surface area contributed by atoms with Gasteiger partial charge in [0.15, 0.2) is 0 Å². The molecule has 9 rings (SSSR count). The van der Waals surface area contributed by atoms with E-state index in [1.54, 1.807) is 44.5 Å². The Balaban J connectivity index is 0. The van der Waals surface area contributed by atoms with Gasteiger partial charge in [-0.1, -0.05) is 117 Å². The molecule has 0 bridgehead atoms. The number of amidine groups is 1. The van der Waals surface area contributed by atoms with E-state index < -0.39 is 17.0 Å². The van der Waals surface area contributed by atoms with Gasteiger partial charge in [-0.15, -0.1) is 8.68 Å². The van der Waals surface area contributed by atoms with E-state index in [0.717, 1.165) is 85.1 Å². The second kappa shape index (κ2) is 49.1. The molecule has 550 valence electrons. The van der Waals surface area contributed by atoms with Crippen LogP contribution < -0.4 is 22.0 Å². The van der Waals surface area contributed by atoms with Gasteiger partial charge in [-0.05, 0) is 119 Å². The number of morpholine rings is 1. The molecule has 9 heterocycles. The van der Waals surface area contributed by atoms with E-state index in [4.69, 9.17) is 9.02 Å². The van der Waals surface area contributed by atoms with Gasteiger partial charge in [-0.2, -0.15) is 24.8 Å². The minimum Gasteiger partial charge on any atom is -0.379 e. The van der Waals surface area contributed by atoms with Crippen LogP contribution in [0.2, 0.25) is 0 Å². The highest BCUT2D eigenvalue weighted by Gasteiger charge is 2.23. The summed E-state index contributed by atoms with van der Waals surface area (Å²) in [6, 6.07) is 2.19. The highest BCUT2D eigenvalue weighted by molar-refractivity contribution is 7.79. The van der Waals surface area contributed by atoms with Crippen molar-refractivity contribution in [1.82, 2.24) is 76.9 Å². The molecule has 0 spiro atoms. The summed E-state index contributed by atoms with van der Waals surface area (Å²) < 4.78 is 38.4. The molecule has 1 atom stereocenters. The summed E-state index contributed by atoms with van der Waals surface area (Å²) in [6.45, 7) is 60.5. The Morgan fingerprint density at radius 1 is 0.489 bits per heavy atom. The van der Waals surface area contributed by atoms with Crippen LogP contribution in [0.3, 0.4) is 0 Å². The van der Waals surface area contributed by atoms with Crippen LogP contribution in [0.5, 0.6) is 0 Å². The topological polar surface area (TPSA) is 230 Å². The lowest BCUT2D eigenvalue weighted by atomic mass is 9.87. The molecule has 5 aliphatic rings. The van der Waals surface area contributed by atoms with Gasteiger partial charge in [0.1, 0.15) is 29.1 Å². The number of likely N-dealkylation sites (tertiary alicyclic amines) is 2. The molecule has 27 heteroatoms. The third-order valence-corrected chi connectivity index (χ3v) is 17.4. The zero-order valence-electron chi connectivity index (χ0n) is 65.0. The second-order valence-electron chi connectivity index (χ2n) is 26.5. The highest BCUT2D eigenvalue weighted by atomic mass is 32.2. The SMILES string of the molecule is CC.CC.CC(C)C1=NS(=O)ON1C.CC(C)C1CCN(C)CC1.CC(C)N1CCCCC1.CC(C)N1CCN(C)CC1.CC(C)N1CCOCC1.CC(C)c1nc(=O)n(C)n1C.CC(C)c1nc(=O)on1C.CC(C)c1nc(=O)sn1C.CC(C)c1nn(C)c(=O)n1C. The largest absolute Gasteiger partial charge is 0.459 e. The quantitative estimate of drug-likeness (QED) is 0.152. The van der Waals surface area contributed by atoms with E-state index in [-0.39, 0.29) is 28.1 Å². The minimum atomic E-state index is -1.49. The number of hydrogen-bond acceptors (Lipinski definition) is 19. The maximum absolute atomic E-state index is 11.2. The normalized spacial score (nSPS) is 17.3. The van der Waals surface area contributed by atoms with E-state index in [9.17, 15) is 23.4 Å². The number of piperidine rings is 2. The van der Waals surface area contributed by atoms with Crippen LogP contribution >= 0.6 is 11.5 Å². The first-order valence-corrected chi connectivity index (χ1v) is 36.6. The van der Waals surface area contributed by atoms with Crippen molar-refractivity contribution < 1.29 is 17.8 Å². The van der Waals surface area contributed by atoms with Gasteiger partial charge in [0.2, 0.25) is 0 Å². The molecule has 4 fully saturated rings. The average Bonchev–Trinajstić information content (AvgIpc) is 1.76. The number of ether oxygens (including phenoxy) is 1. The van der Waals surface area contributed by atoms with E-state index in [1.807, 2.05) is 115 Å². The Kier molecular flexibility index (Phi) is 47.8. The van der Waals surface area contributed by atoms with E-state index in [0.29, 0.717) is 29.6 Å². The Bertz CT molecular complexity index is 2750. The zero-order chi connectivity index (χ0) is 72.9. The highest BCUT2D eigenvalue weighted by Crippen LogP contribution is 2.23. The predicted molar refractivity (Wildman–Crippen MR) is 392 cm³/mol. The molecule has 5 aliphatic heterocycles. The van der Waals surface area contributed by atoms with Gasteiger partial charge in [-0.3, -0.25) is 27.8 Å². The summed E-state index contributed by atoms with van der Waals surface area (Å²) in [6.07, 6.45) is 7.10. The Morgan fingerprint density at radius 2 is 0.936 bits per heavy atom. The van der Waals surface area contributed by atoms with Crippen LogP contribution in [-0.2, 0) is 62.6 Å². The fourth-order valence-corrected chi connectivity index (χ4v) is 11.6. The first-order valence-electron chi connectivity index (χ1n) is 34.8. The molecule has 25 nitrogen and oxygen atoms in total. The van der Waals surface area contributed by atoms with Crippen molar-refractivity contribution in [3.05, 3.63) is 64.5 Å². The van der Waals surface area contributed by atoms with Crippen molar-refractivity contribution in [2.24, 2.45) is 64.4 Å². The summed E-state index contributed by atoms with van der Waals surface area (Å²) >= 11 is -0.342. The van der Waals surface area contributed by atoms with Crippen LogP contribution in [0.15, 0.2) is 28.1 Å². The number of likely N-dealkylation sites (N-methyl/N-ethyl adjacent to an activating group) is 1. The summed E-state index contributed by atoms with van der Waals surface area (Å²) in [5.74, 6) is 6.75. The number of nitrogens with zero attached hydrogens (tertiary/aromatic N) is 17. The van der Waals surface area contributed by atoms with Crippen LogP contribution in [0, 0.1) is 17.8 Å². The summed E-state index contributed by atoms with van der Waals surface area (Å²) in [7, 11) is 16.6. The van der Waals surface area contributed by atoms with Crippen molar-refractivity contribution in [1.29, 1.82) is 0 Å². The minimum absolute atomic E-state index is 0.0614. The fraction of sp³-hybridized carbons (Fsp3) is 0.866. The Hall–Kier alpha value is -4.48. The molecule has 0 radical (unpaired) electrons. The van der Waals surface area contributed by atoms with Gasteiger partial charge in [0, 0.05) is 148 Å². The maximum atomic E-state index is 11.2. The number of rotatable bonds is 9. The summed E-state index contributed by atoms with van der Waals surface area (Å²) in [5, 5.41) is 5.52. The fourth-order valence-electron chi connectivity index (χ4n) is 10.1. The number of hydroxylamine groups is 2. The van der Waals surface area contributed by atoms with Crippen LogP contribution in [0.25, 0.3) is 0 Å². The molecule has 0 N–H and O–H groups in total. The number of aryl methyl sites for hydroxylation is 3. The van der Waals surface area contributed by atoms with Crippen molar-refractivity contribution in [2.75, 3.05) is 99.8 Å². The molecule has 0 amide bonds. The van der Waals surface area contributed by atoms with Gasteiger partial charge < -0.3 is 24.0 Å². The Morgan fingerprint density at radius 3 is 1.19 bits per heavy atom. The van der Waals surface area contributed by atoms with Gasteiger partial charge >= 0.3 is 33.3 Å². The number of hydrogen-bond donors (Lipinski definition) is 0. The monoisotopic (exact) mass is 1370 g/mol. The molecule has 94 heavy (non-hydrogen) atoms. The summed E-state index contributed by atoms with van der Waals surface area (Å²) in [4.78, 5) is 67.0. The Labute approximate surface area is 575 Å². The predicted octanol–water partition coefficient (Wildman–Crippen LogP) is 9.73. The molecule has 0 aliphatic carbocycles.